The third-order valence-corrected chi connectivity index (χ3v) is 10.1. The molecule has 0 aliphatic heterocycles. The zero-order valence-corrected chi connectivity index (χ0v) is 35.3. The third-order valence-electron chi connectivity index (χ3n) is 10.1. The number of rotatable bonds is 41. The van der Waals surface area contributed by atoms with Crippen LogP contribution >= 0.6 is 0 Å². The quantitative estimate of drug-likeness (QED) is 0.0464. The molecule has 0 fully saturated rings. The molecule has 314 valence electrons. The van der Waals surface area contributed by atoms with Gasteiger partial charge in [0, 0.05) is 26.1 Å². The molecule has 0 radical (unpaired) electrons. The summed E-state index contributed by atoms with van der Waals surface area (Å²) in [5, 5.41) is 33.7. The van der Waals surface area contributed by atoms with Gasteiger partial charge in [-0.3, -0.25) is 9.59 Å². The van der Waals surface area contributed by atoms with Crippen LogP contribution in [0.4, 0.5) is 0 Å². The van der Waals surface area contributed by atoms with Gasteiger partial charge in [-0.05, 0) is 25.7 Å². The summed E-state index contributed by atoms with van der Waals surface area (Å²) < 4.78 is 0. The maximum Gasteiger partial charge on any atom is 0.303 e. The Morgan fingerprint density at radius 2 is 0.423 bits per heavy atom. The Morgan fingerprint density at radius 3 is 0.577 bits per heavy atom. The van der Waals surface area contributed by atoms with Crippen molar-refractivity contribution in [2.24, 2.45) is 0 Å². The highest BCUT2D eigenvalue weighted by Crippen LogP contribution is 2.16. The molecular weight excluding hydrogens is 649 g/mol. The van der Waals surface area contributed by atoms with Crippen molar-refractivity contribution >= 4 is 11.9 Å². The van der Waals surface area contributed by atoms with E-state index in [9.17, 15) is 9.59 Å². The fraction of sp³-hybridized carbons (Fsp3) is 0.957. The Morgan fingerprint density at radius 1 is 0.269 bits per heavy atom. The largest absolute Gasteiger partial charge is 0.481 e. The molecule has 0 aliphatic rings. The summed E-state index contributed by atoms with van der Waals surface area (Å²) in [7, 11) is 0. The molecule has 0 bridgehead atoms. The number of carboxylic acids is 2. The molecular formula is C46H94O6. The van der Waals surface area contributed by atoms with E-state index >= 15 is 0 Å². The second kappa shape index (κ2) is 54.2. The van der Waals surface area contributed by atoms with E-state index in [0.29, 0.717) is 12.8 Å². The van der Waals surface area contributed by atoms with E-state index < -0.39 is 11.9 Å². The zero-order valence-electron chi connectivity index (χ0n) is 35.3. The SMILES string of the molecule is CCCCCCCCCCCCCCCCCCCC(=O)O.CCCCCCCCCCCCCCCCCCCC(=O)O.OCCCCCCO. The van der Waals surface area contributed by atoms with Crippen LogP contribution in [0, 0.1) is 0 Å². The molecule has 0 atom stereocenters. The van der Waals surface area contributed by atoms with Gasteiger partial charge >= 0.3 is 11.9 Å². The molecule has 0 unspecified atom stereocenters. The minimum Gasteiger partial charge on any atom is -0.481 e. The van der Waals surface area contributed by atoms with Crippen LogP contribution in [0.25, 0.3) is 0 Å². The van der Waals surface area contributed by atoms with Crippen molar-refractivity contribution in [3.8, 4) is 0 Å². The molecule has 0 heterocycles. The number of aliphatic hydroxyl groups excluding tert-OH is 2. The molecule has 52 heavy (non-hydrogen) atoms. The maximum atomic E-state index is 10.4. The highest BCUT2D eigenvalue weighted by atomic mass is 16.4. The van der Waals surface area contributed by atoms with Gasteiger partial charge in [-0.2, -0.15) is 0 Å². The lowest BCUT2D eigenvalue weighted by atomic mass is 10.0. The van der Waals surface area contributed by atoms with E-state index in [1.165, 1.54) is 193 Å². The molecule has 0 amide bonds. The number of hydrogen-bond acceptors (Lipinski definition) is 4. The number of carbonyl (C=O) groups is 2. The summed E-state index contributed by atoms with van der Waals surface area (Å²) >= 11 is 0. The Balaban J connectivity index is -0.000000764. The standard InChI is InChI=1S/2C20H40O2.C6H14O2/c2*1-2-3-4-5-6-7-8-9-10-11-12-13-14-15-16-17-18-19-20(21)22;7-5-3-1-2-4-6-8/h2*2-19H2,1H3,(H,21,22);7-8H,1-6H2. The lowest BCUT2D eigenvalue weighted by Gasteiger charge is -2.03. The molecule has 0 spiro atoms. The lowest BCUT2D eigenvalue weighted by Crippen LogP contribution is -1.93. The van der Waals surface area contributed by atoms with Crippen LogP contribution in [-0.4, -0.2) is 45.6 Å². The van der Waals surface area contributed by atoms with Gasteiger partial charge in [0.2, 0.25) is 0 Å². The fourth-order valence-corrected chi connectivity index (χ4v) is 6.58. The van der Waals surface area contributed by atoms with Crippen LogP contribution in [0.3, 0.4) is 0 Å². The number of aliphatic carboxylic acids is 2. The van der Waals surface area contributed by atoms with E-state index in [4.69, 9.17) is 20.4 Å². The van der Waals surface area contributed by atoms with Crippen molar-refractivity contribution in [3.05, 3.63) is 0 Å². The Kier molecular flexibility index (Phi) is 57.5. The molecule has 0 aromatic rings. The highest BCUT2D eigenvalue weighted by Gasteiger charge is 1.99. The topological polar surface area (TPSA) is 115 Å². The molecule has 0 saturated carbocycles. The first-order valence-corrected chi connectivity index (χ1v) is 23.1. The van der Waals surface area contributed by atoms with Crippen molar-refractivity contribution in [2.75, 3.05) is 13.2 Å². The van der Waals surface area contributed by atoms with Crippen molar-refractivity contribution in [1.82, 2.24) is 0 Å². The summed E-state index contributed by atoms with van der Waals surface area (Å²) in [6.07, 6.45) is 50.1. The Labute approximate surface area is 325 Å². The normalized spacial score (nSPS) is 10.8. The Hall–Kier alpha value is -1.14. The van der Waals surface area contributed by atoms with Gasteiger partial charge in [0.25, 0.3) is 0 Å². The second-order valence-corrected chi connectivity index (χ2v) is 15.5. The van der Waals surface area contributed by atoms with Gasteiger partial charge in [0.05, 0.1) is 0 Å². The van der Waals surface area contributed by atoms with Crippen LogP contribution in [0.15, 0.2) is 0 Å². The summed E-state index contributed by atoms with van der Waals surface area (Å²) in [6.45, 7) is 5.12. The first-order chi connectivity index (χ1) is 25.5. The monoisotopic (exact) mass is 743 g/mol. The predicted octanol–water partition coefficient (Wildman–Crippen LogP) is 14.8. The van der Waals surface area contributed by atoms with Crippen LogP contribution in [0.1, 0.15) is 271 Å². The lowest BCUT2D eigenvalue weighted by molar-refractivity contribution is -0.138. The molecule has 0 aromatic carbocycles. The van der Waals surface area contributed by atoms with E-state index in [1.807, 2.05) is 0 Å². The van der Waals surface area contributed by atoms with Crippen molar-refractivity contribution in [3.63, 3.8) is 0 Å². The van der Waals surface area contributed by atoms with Gasteiger partial charge in [0.15, 0.2) is 0 Å². The summed E-state index contributed by atoms with van der Waals surface area (Å²) in [5.41, 5.74) is 0. The van der Waals surface area contributed by atoms with Crippen molar-refractivity contribution < 1.29 is 30.0 Å². The van der Waals surface area contributed by atoms with Gasteiger partial charge in [-0.1, -0.05) is 232 Å². The maximum absolute atomic E-state index is 10.4. The average molecular weight is 743 g/mol. The molecule has 6 nitrogen and oxygen atoms in total. The average Bonchev–Trinajstić information content (AvgIpc) is 3.13. The van der Waals surface area contributed by atoms with E-state index in [-0.39, 0.29) is 13.2 Å². The second-order valence-electron chi connectivity index (χ2n) is 15.5. The van der Waals surface area contributed by atoms with E-state index in [0.717, 1.165) is 51.4 Å². The summed E-state index contributed by atoms with van der Waals surface area (Å²) in [4.78, 5) is 20.7. The highest BCUT2D eigenvalue weighted by molar-refractivity contribution is 5.66. The predicted molar refractivity (Wildman–Crippen MR) is 225 cm³/mol. The van der Waals surface area contributed by atoms with Crippen LogP contribution < -0.4 is 0 Å². The fourth-order valence-electron chi connectivity index (χ4n) is 6.58. The van der Waals surface area contributed by atoms with E-state index in [2.05, 4.69) is 13.8 Å². The Bertz CT molecular complexity index is 586. The van der Waals surface area contributed by atoms with Crippen molar-refractivity contribution in [2.45, 2.75) is 271 Å². The van der Waals surface area contributed by atoms with Crippen LogP contribution in [0.5, 0.6) is 0 Å². The number of hydrogen-bond donors (Lipinski definition) is 4. The van der Waals surface area contributed by atoms with E-state index in [1.54, 1.807) is 0 Å². The van der Waals surface area contributed by atoms with Crippen LogP contribution in [-0.2, 0) is 9.59 Å². The summed E-state index contributed by atoms with van der Waals surface area (Å²) in [6, 6.07) is 0. The number of unbranched alkanes of at least 4 members (excludes halogenated alkanes) is 35. The molecule has 0 rings (SSSR count). The first-order valence-electron chi connectivity index (χ1n) is 23.1. The van der Waals surface area contributed by atoms with Gasteiger partial charge in [-0.25, -0.2) is 0 Å². The smallest absolute Gasteiger partial charge is 0.303 e. The van der Waals surface area contributed by atoms with Gasteiger partial charge < -0.3 is 20.4 Å². The van der Waals surface area contributed by atoms with Crippen LogP contribution in [0.2, 0.25) is 0 Å². The molecule has 0 aromatic heterocycles. The number of carboxylic acid groups (broad SMARTS) is 2. The molecule has 6 heteroatoms. The minimum absolute atomic E-state index is 0.283. The molecule has 0 saturated heterocycles. The van der Waals surface area contributed by atoms with Crippen molar-refractivity contribution in [1.29, 1.82) is 0 Å². The minimum atomic E-state index is -0.652. The molecule has 4 N–H and O–H groups in total. The number of aliphatic hydroxyl groups is 2. The summed E-state index contributed by atoms with van der Waals surface area (Å²) in [5.74, 6) is -1.30. The van der Waals surface area contributed by atoms with Gasteiger partial charge in [-0.15, -0.1) is 0 Å². The third kappa shape index (κ3) is 63.9. The molecule has 0 aliphatic carbocycles. The first kappa shape index (κ1) is 55.2. The zero-order chi connectivity index (χ0) is 38.9. The van der Waals surface area contributed by atoms with Gasteiger partial charge in [0.1, 0.15) is 0 Å².